The summed E-state index contributed by atoms with van der Waals surface area (Å²) in [6, 6.07) is 58.3. The first-order chi connectivity index (χ1) is 37.8. The summed E-state index contributed by atoms with van der Waals surface area (Å²) in [5, 5.41) is 2.25. The smallest absolute Gasteiger partial charge is 0.137 e. The van der Waals surface area contributed by atoms with Gasteiger partial charge in [0.15, 0.2) is 0 Å². The van der Waals surface area contributed by atoms with Crippen LogP contribution in [0.1, 0.15) is 131 Å². The predicted molar refractivity (Wildman–Crippen MR) is 332 cm³/mol. The summed E-state index contributed by atoms with van der Waals surface area (Å²) in [6.07, 6.45) is 1.91. The summed E-state index contributed by atoms with van der Waals surface area (Å²) < 4.78 is 40.9. The summed E-state index contributed by atoms with van der Waals surface area (Å²) in [5.41, 5.74) is 16.5. The average Bonchev–Trinajstić information content (AvgIpc) is 4.18. The van der Waals surface area contributed by atoms with Gasteiger partial charge in [0.1, 0.15) is 35.6 Å². The van der Waals surface area contributed by atoms with Crippen LogP contribution >= 0.6 is 0 Å². The Hall–Kier alpha value is -8.03. The van der Waals surface area contributed by atoms with Crippen molar-refractivity contribution >= 4 is 44.6 Å². The SMILES string of the molecule is CC(C)c1ccccc1-c1cc(Oc2ccc3c4ccccc4n(-c4cc(C(C)(C)C)ccn4)c3c2)cc(N2CN(c3c(-c4cc(F)cc(F)c4)cc(C(C)(C)C)cc3-c3cc(C(C)(C)C)cc(C(C)(C)C)c3)c3ccccc32)c1. The average molecular weight is 1060 g/mol. The Bertz CT molecular complexity index is 3970. The van der Waals surface area contributed by atoms with E-state index in [2.05, 4.69) is 263 Å². The molecule has 80 heavy (non-hydrogen) atoms. The number of hydrogen-bond acceptors (Lipinski definition) is 4. The minimum atomic E-state index is -0.625. The van der Waals surface area contributed by atoms with Crippen molar-refractivity contribution in [3.8, 4) is 50.7 Å². The Kier molecular flexibility index (Phi) is 13.5. The molecule has 11 rings (SSSR count). The summed E-state index contributed by atoms with van der Waals surface area (Å²) in [5.74, 6) is 1.24. The molecule has 406 valence electrons. The number of para-hydroxylation sites is 3. The van der Waals surface area contributed by atoms with Crippen molar-refractivity contribution in [3.63, 3.8) is 0 Å². The number of aromatic nitrogens is 2. The van der Waals surface area contributed by atoms with Crippen molar-refractivity contribution in [2.24, 2.45) is 0 Å². The van der Waals surface area contributed by atoms with Crippen molar-refractivity contribution in [3.05, 3.63) is 216 Å². The Labute approximate surface area is 472 Å². The third-order valence-corrected chi connectivity index (χ3v) is 16.0. The lowest BCUT2D eigenvalue weighted by atomic mass is 9.77. The number of ether oxygens (including phenoxy) is 1. The number of nitrogens with zero attached hydrogens (tertiary/aromatic N) is 4. The first kappa shape index (κ1) is 53.9. The zero-order valence-corrected chi connectivity index (χ0v) is 49.0. The third kappa shape index (κ3) is 10.3. The molecule has 0 fully saturated rings. The van der Waals surface area contributed by atoms with Gasteiger partial charge in [-0.15, -0.1) is 0 Å². The quantitative estimate of drug-likeness (QED) is 0.144. The largest absolute Gasteiger partial charge is 0.457 e. The van der Waals surface area contributed by atoms with Gasteiger partial charge in [-0.05, 0) is 157 Å². The number of fused-ring (bicyclic) bond motifs is 4. The molecule has 7 heteroatoms. The molecule has 0 N–H and O–H groups in total. The van der Waals surface area contributed by atoms with Gasteiger partial charge in [0.05, 0.1) is 28.1 Å². The molecule has 8 aromatic carbocycles. The van der Waals surface area contributed by atoms with E-state index in [-0.39, 0.29) is 27.6 Å². The van der Waals surface area contributed by atoms with Crippen LogP contribution in [0.25, 0.3) is 61.0 Å². The maximum Gasteiger partial charge on any atom is 0.137 e. The van der Waals surface area contributed by atoms with E-state index in [9.17, 15) is 0 Å². The molecule has 0 radical (unpaired) electrons. The van der Waals surface area contributed by atoms with Crippen molar-refractivity contribution in [2.45, 2.75) is 125 Å². The van der Waals surface area contributed by atoms with Crippen LogP contribution in [0.5, 0.6) is 11.5 Å². The van der Waals surface area contributed by atoms with E-state index in [4.69, 9.17) is 9.72 Å². The molecule has 1 aliphatic rings. The first-order valence-corrected chi connectivity index (χ1v) is 28.2. The molecule has 0 bridgehead atoms. The summed E-state index contributed by atoms with van der Waals surface area (Å²) in [7, 11) is 0. The lowest BCUT2D eigenvalue weighted by Gasteiger charge is -2.32. The van der Waals surface area contributed by atoms with Crippen LogP contribution in [0, 0.1) is 11.6 Å². The number of halogens is 2. The topological polar surface area (TPSA) is 33.5 Å². The first-order valence-electron chi connectivity index (χ1n) is 28.2. The highest BCUT2D eigenvalue weighted by Gasteiger charge is 2.34. The molecule has 0 aliphatic carbocycles. The van der Waals surface area contributed by atoms with Crippen LogP contribution in [0.4, 0.5) is 31.5 Å². The van der Waals surface area contributed by atoms with Gasteiger partial charge in [-0.2, -0.15) is 0 Å². The molecule has 0 unspecified atom stereocenters. The Balaban J connectivity index is 1.12. The van der Waals surface area contributed by atoms with Crippen LogP contribution < -0.4 is 14.5 Å². The number of anilines is 4. The highest BCUT2D eigenvalue weighted by molar-refractivity contribution is 6.09. The molecule has 0 saturated heterocycles. The Morgan fingerprint density at radius 1 is 0.450 bits per heavy atom. The minimum absolute atomic E-state index is 0.0646. The molecule has 0 saturated carbocycles. The van der Waals surface area contributed by atoms with Crippen LogP contribution in [0.3, 0.4) is 0 Å². The predicted octanol–water partition coefficient (Wildman–Crippen LogP) is 20.8. The van der Waals surface area contributed by atoms with E-state index in [1.54, 1.807) is 0 Å². The van der Waals surface area contributed by atoms with E-state index in [0.29, 0.717) is 23.7 Å². The fourth-order valence-corrected chi connectivity index (χ4v) is 11.4. The number of pyridine rings is 1. The molecule has 1 aliphatic heterocycles. The van der Waals surface area contributed by atoms with E-state index in [0.717, 1.165) is 89.8 Å². The molecule has 0 spiro atoms. The van der Waals surface area contributed by atoms with Gasteiger partial charge >= 0.3 is 0 Å². The second-order valence-corrected chi connectivity index (χ2v) is 26.4. The van der Waals surface area contributed by atoms with Gasteiger partial charge in [0.25, 0.3) is 0 Å². The van der Waals surface area contributed by atoms with Gasteiger partial charge < -0.3 is 14.5 Å². The van der Waals surface area contributed by atoms with E-state index < -0.39 is 11.6 Å². The number of rotatable bonds is 9. The van der Waals surface area contributed by atoms with Crippen LogP contribution in [0.2, 0.25) is 0 Å². The molecule has 0 atom stereocenters. The van der Waals surface area contributed by atoms with Crippen molar-refractivity contribution < 1.29 is 13.5 Å². The summed E-state index contributed by atoms with van der Waals surface area (Å²) in [6.45, 7) is 31.7. The molecule has 5 nitrogen and oxygen atoms in total. The monoisotopic (exact) mass is 1060 g/mol. The maximum absolute atomic E-state index is 15.7. The van der Waals surface area contributed by atoms with Gasteiger partial charge in [-0.3, -0.25) is 4.57 Å². The maximum atomic E-state index is 15.7. The van der Waals surface area contributed by atoms with Gasteiger partial charge in [-0.1, -0.05) is 170 Å². The molecule has 10 aromatic rings. The van der Waals surface area contributed by atoms with Gasteiger partial charge in [0, 0.05) is 52.0 Å². The lowest BCUT2D eigenvalue weighted by Crippen LogP contribution is -2.25. The fraction of sp³-hybridized carbons (Fsp3) is 0.274. The highest BCUT2D eigenvalue weighted by Crippen LogP contribution is 2.53. The van der Waals surface area contributed by atoms with Crippen molar-refractivity contribution in [1.29, 1.82) is 0 Å². The normalized spacial score (nSPS) is 13.3. The van der Waals surface area contributed by atoms with Crippen molar-refractivity contribution in [2.75, 3.05) is 16.5 Å². The molecule has 0 amide bonds. The van der Waals surface area contributed by atoms with Crippen LogP contribution in [0.15, 0.2) is 176 Å². The van der Waals surface area contributed by atoms with E-state index in [1.165, 1.54) is 34.4 Å². The Morgan fingerprint density at radius 3 is 1.64 bits per heavy atom. The number of hydrogen-bond donors (Lipinski definition) is 0. The van der Waals surface area contributed by atoms with Crippen molar-refractivity contribution in [1.82, 2.24) is 9.55 Å². The lowest BCUT2D eigenvalue weighted by molar-refractivity contribution is 0.483. The van der Waals surface area contributed by atoms with Gasteiger partial charge in [0.2, 0.25) is 0 Å². The van der Waals surface area contributed by atoms with E-state index in [1.807, 2.05) is 6.20 Å². The summed E-state index contributed by atoms with van der Waals surface area (Å²) >= 11 is 0. The Morgan fingerprint density at radius 2 is 1.00 bits per heavy atom. The summed E-state index contributed by atoms with van der Waals surface area (Å²) in [4.78, 5) is 9.65. The fourth-order valence-electron chi connectivity index (χ4n) is 11.4. The molecular formula is C73H74F2N4O. The standard InChI is InChI=1S/C73H74F2N4O/c1-45(2)58-21-15-16-22-59(58)48-35-55(42-57(36-48)80-56-27-28-61-60-23-17-18-24-64(60)79(67(61)43-56)68-40-49(29-30-76-68)70(3,4)5)77-44-78(66-26-20-19-25-65(66)77)69-62(46-31-50(71(6,7)8)37-51(32-46)72(9,10)11)38-52(73(12,13)14)39-63(69)47-33-53(74)41-54(75)34-47/h15-43,45H,44H2,1-14H3. The second kappa shape index (κ2) is 20.0. The number of benzene rings is 8. The molecular weight excluding hydrogens is 987 g/mol. The highest BCUT2D eigenvalue weighted by atomic mass is 19.1. The minimum Gasteiger partial charge on any atom is -0.457 e. The van der Waals surface area contributed by atoms with Crippen LogP contribution in [-0.4, -0.2) is 16.2 Å². The van der Waals surface area contributed by atoms with E-state index >= 15 is 8.78 Å². The zero-order chi connectivity index (χ0) is 56.8. The van der Waals surface area contributed by atoms with Gasteiger partial charge in [-0.25, -0.2) is 13.8 Å². The molecule has 3 heterocycles. The zero-order valence-electron chi connectivity index (χ0n) is 49.0. The molecule has 2 aromatic heterocycles. The second-order valence-electron chi connectivity index (χ2n) is 26.4. The third-order valence-electron chi connectivity index (χ3n) is 16.0. The van der Waals surface area contributed by atoms with Crippen LogP contribution in [-0.2, 0) is 21.7 Å².